The second-order valence-electron chi connectivity index (χ2n) is 4.78. The molecule has 0 spiro atoms. The molecule has 1 aliphatic carbocycles. The van der Waals surface area contributed by atoms with Crippen LogP contribution >= 0.6 is 34.8 Å². The van der Waals surface area contributed by atoms with Gasteiger partial charge in [0.1, 0.15) is 12.2 Å². The van der Waals surface area contributed by atoms with E-state index in [1.807, 2.05) is 0 Å². The third kappa shape index (κ3) is 6.28. The van der Waals surface area contributed by atoms with Gasteiger partial charge in [-0.05, 0) is 12.8 Å². The van der Waals surface area contributed by atoms with Gasteiger partial charge in [-0.25, -0.2) is 0 Å². The van der Waals surface area contributed by atoms with Gasteiger partial charge in [-0.15, -0.1) is 0 Å². The Balaban J connectivity index is 2.67. The molecule has 6 nitrogen and oxygen atoms in total. The lowest BCUT2D eigenvalue weighted by Crippen LogP contribution is -2.49. The fourth-order valence-electron chi connectivity index (χ4n) is 2.18. The van der Waals surface area contributed by atoms with Gasteiger partial charge in [-0.3, -0.25) is 14.4 Å². The van der Waals surface area contributed by atoms with E-state index in [1.54, 1.807) is 0 Å². The number of rotatable bonds is 3. The maximum absolute atomic E-state index is 11.6. The second-order valence-corrected chi connectivity index (χ2v) is 7.06. The number of nitrogens with one attached hydrogen (secondary N) is 1. The van der Waals surface area contributed by atoms with Crippen molar-refractivity contribution in [1.82, 2.24) is 5.32 Å². The van der Waals surface area contributed by atoms with E-state index in [2.05, 4.69) is 5.32 Å². The Bertz CT molecular complexity index is 424. The normalized spacial score (nSPS) is 25.9. The van der Waals surface area contributed by atoms with Gasteiger partial charge in [0.25, 0.3) is 9.70 Å². The van der Waals surface area contributed by atoms with E-state index in [-0.39, 0.29) is 12.5 Å². The van der Waals surface area contributed by atoms with Gasteiger partial charge in [0.2, 0.25) is 0 Å². The molecule has 0 heterocycles. The predicted molar refractivity (Wildman–Crippen MR) is 77.2 cm³/mol. The molecule has 1 N–H and O–H groups in total. The van der Waals surface area contributed by atoms with Crippen LogP contribution in [0.15, 0.2) is 0 Å². The molecule has 1 rings (SSSR count). The van der Waals surface area contributed by atoms with Gasteiger partial charge in [0.05, 0.1) is 0 Å². The number of esters is 2. The molecule has 3 atom stereocenters. The summed E-state index contributed by atoms with van der Waals surface area (Å²) in [5.41, 5.74) is 0. The molecule has 1 saturated carbocycles. The van der Waals surface area contributed by atoms with Crippen molar-refractivity contribution in [2.75, 3.05) is 0 Å². The maximum Gasteiger partial charge on any atom is 0.303 e. The molecule has 1 aliphatic rings. The average Bonchev–Trinajstić information content (AvgIpc) is 2.30. The molecule has 0 aromatic rings. The molecule has 0 bridgehead atoms. The lowest BCUT2D eigenvalue weighted by atomic mass is 9.90. The second kappa shape index (κ2) is 7.51. The first-order valence-electron chi connectivity index (χ1n) is 6.31. The van der Waals surface area contributed by atoms with Gasteiger partial charge in [0, 0.05) is 26.3 Å². The molecular weight excluding hydrogens is 344 g/mol. The highest BCUT2D eigenvalue weighted by molar-refractivity contribution is 6.76. The predicted octanol–water partition coefficient (Wildman–Crippen LogP) is 1.89. The average molecular weight is 361 g/mol. The van der Waals surface area contributed by atoms with E-state index >= 15 is 0 Å². The third-order valence-corrected chi connectivity index (χ3v) is 3.47. The van der Waals surface area contributed by atoms with Crippen LogP contribution in [-0.2, 0) is 23.9 Å². The Morgan fingerprint density at radius 1 is 1.00 bits per heavy atom. The van der Waals surface area contributed by atoms with Crippen LogP contribution in [0, 0.1) is 0 Å². The van der Waals surface area contributed by atoms with Crippen molar-refractivity contribution in [2.24, 2.45) is 0 Å². The van der Waals surface area contributed by atoms with Gasteiger partial charge < -0.3 is 14.8 Å². The molecule has 21 heavy (non-hydrogen) atoms. The van der Waals surface area contributed by atoms with Crippen LogP contribution in [0.3, 0.4) is 0 Å². The van der Waals surface area contributed by atoms with E-state index < -0.39 is 33.8 Å². The number of carbonyl (C=O) groups is 3. The van der Waals surface area contributed by atoms with Gasteiger partial charge in [-0.1, -0.05) is 34.8 Å². The lowest BCUT2D eigenvalue weighted by molar-refractivity contribution is -0.169. The lowest BCUT2D eigenvalue weighted by Gasteiger charge is -2.35. The zero-order valence-electron chi connectivity index (χ0n) is 11.5. The molecule has 0 unspecified atom stereocenters. The van der Waals surface area contributed by atoms with Crippen LogP contribution in [0.25, 0.3) is 0 Å². The van der Waals surface area contributed by atoms with Gasteiger partial charge >= 0.3 is 11.9 Å². The quantitative estimate of drug-likeness (QED) is 0.614. The van der Waals surface area contributed by atoms with Crippen molar-refractivity contribution in [3.63, 3.8) is 0 Å². The van der Waals surface area contributed by atoms with Crippen LogP contribution < -0.4 is 5.32 Å². The highest BCUT2D eigenvalue weighted by Crippen LogP contribution is 2.29. The number of carbonyl (C=O) groups excluding carboxylic acids is 3. The van der Waals surface area contributed by atoms with Gasteiger partial charge in [0.15, 0.2) is 0 Å². The van der Waals surface area contributed by atoms with Crippen LogP contribution in [0.5, 0.6) is 0 Å². The number of ether oxygens (including phenoxy) is 2. The van der Waals surface area contributed by atoms with Crippen LogP contribution in [0.2, 0.25) is 0 Å². The number of amides is 1. The van der Waals surface area contributed by atoms with E-state index in [0.29, 0.717) is 12.8 Å². The molecule has 1 fully saturated rings. The Kier molecular flexibility index (Phi) is 6.56. The monoisotopic (exact) mass is 359 g/mol. The number of hydrogen-bond donors (Lipinski definition) is 1. The van der Waals surface area contributed by atoms with Crippen molar-refractivity contribution in [2.45, 2.75) is 55.2 Å². The first-order chi connectivity index (χ1) is 9.59. The van der Waals surface area contributed by atoms with E-state index in [1.165, 1.54) is 13.8 Å². The summed E-state index contributed by atoms with van der Waals surface area (Å²) in [4.78, 5) is 33.8. The Morgan fingerprint density at radius 2 is 1.52 bits per heavy atom. The van der Waals surface area contributed by atoms with Crippen molar-refractivity contribution < 1.29 is 23.9 Å². The summed E-state index contributed by atoms with van der Waals surface area (Å²) in [5.74, 6) is -1.70. The number of alkyl halides is 3. The molecule has 0 radical (unpaired) electrons. The summed E-state index contributed by atoms with van der Waals surface area (Å²) in [7, 11) is 0. The largest absolute Gasteiger partial charge is 0.459 e. The van der Waals surface area contributed by atoms with Crippen molar-refractivity contribution in [1.29, 1.82) is 0 Å². The molecule has 120 valence electrons. The molecule has 9 heteroatoms. The SMILES string of the molecule is CC(=O)O[C@H]1CC[C@@H](NC(=O)C(Cl)(Cl)Cl)C[C@H]1OC(C)=O. The summed E-state index contributed by atoms with van der Waals surface area (Å²) in [6, 6.07) is -0.329. The topological polar surface area (TPSA) is 81.7 Å². The first kappa shape index (κ1) is 18.3. The number of hydrogen-bond acceptors (Lipinski definition) is 5. The van der Waals surface area contributed by atoms with Gasteiger partial charge in [-0.2, -0.15) is 0 Å². The van der Waals surface area contributed by atoms with Crippen molar-refractivity contribution >= 4 is 52.6 Å². The molecule has 0 aromatic heterocycles. The summed E-state index contributed by atoms with van der Waals surface area (Å²) in [6.45, 7) is 2.54. The summed E-state index contributed by atoms with van der Waals surface area (Å²) >= 11 is 16.5. The molecular formula is C12H16Cl3NO5. The van der Waals surface area contributed by atoms with Crippen molar-refractivity contribution in [3.05, 3.63) is 0 Å². The minimum Gasteiger partial charge on any atom is -0.459 e. The summed E-state index contributed by atoms with van der Waals surface area (Å²) in [5, 5.41) is 2.57. The minimum absolute atomic E-state index is 0.282. The third-order valence-electron chi connectivity index (χ3n) is 2.96. The van der Waals surface area contributed by atoms with Crippen LogP contribution in [0.1, 0.15) is 33.1 Å². The maximum atomic E-state index is 11.6. The van der Waals surface area contributed by atoms with E-state index in [4.69, 9.17) is 44.3 Å². The fourth-order valence-corrected chi connectivity index (χ4v) is 2.35. The standard InChI is InChI=1S/C12H16Cl3NO5/c1-6(17)20-9-4-3-8(5-10(9)21-7(2)18)16-11(19)12(13,14)15/h8-10H,3-5H2,1-2H3,(H,16,19)/t8-,9+,10-/m1/s1. The van der Waals surface area contributed by atoms with Crippen LogP contribution in [0.4, 0.5) is 0 Å². The number of halogens is 3. The summed E-state index contributed by atoms with van der Waals surface area (Å²) < 4.78 is 8.20. The molecule has 0 aromatic carbocycles. The first-order valence-corrected chi connectivity index (χ1v) is 7.45. The van der Waals surface area contributed by atoms with Crippen LogP contribution in [-0.4, -0.2) is 39.9 Å². The minimum atomic E-state index is -2.05. The Morgan fingerprint density at radius 3 is 2.00 bits per heavy atom. The molecule has 0 aliphatic heterocycles. The zero-order chi connectivity index (χ0) is 16.2. The molecule has 0 saturated heterocycles. The smallest absolute Gasteiger partial charge is 0.303 e. The highest BCUT2D eigenvalue weighted by atomic mass is 35.6. The Hall–Kier alpha value is -0.720. The zero-order valence-corrected chi connectivity index (χ0v) is 13.8. The van der Waals surface area contributed by atoms with E-state index in [9.17, 15) is 14.4 Å². The summed E-state index contributed by atoms with van der Waals surface area (Å²) in [6.07, 6.45) is 0.0577. The van der Waals surface area contributed by atoms with E-state index in [0.717, 1.165) is 0 Å². The molecule has 1 amide bonds. The van der Waals surface area contributed by atoms with Crippen molar-refractivity contribution in [3.8, 4) is 0 Å². The Labute approximate surface area is 137 Å². The fraction of sp³-hybridized carbons (Fsp3) is 0.750. The highest BCUT2D eigenvalue weighted by Gasteiger charge is 2.38.